The van der Waals surface area contributed by atoms with Crippen LogP contribution in [0.25, 0.3) is 0 Å². The molecule has 0 radical (unpaired) electrons. The van der Waals surface area contributed by atoms with Gasteiger partial charge in [-0.2, -0.15) is 0 Å². The van der Waals surface area contributed by atoms with Crippen molar-refractivity contribution in [2.24, 2.45) is 0 Å². The molecule has 2 atom stereocenters. The van der Waals surface area contributed by atoms with E-state index in [9.17, 15) is 0 Å². The van der Waals surface area contributed by atoms with E-state index in [0.29, 0.717) is 0 Å². The molecule has 0 amide bonds. The molecule has 2 aliphatic heterocycles. The Hall–Kier alpha value is 0.310. The summed E-state index contributed by atoms with van der Waals surface area (Å²) in [4.78, 5) is 0. The monoisotopic (exact) mass is 242 g/mol. The third-order valence-corrected chi connectivity index (χ3v) is 6.57. The normalized spacial score (nSPS) is 38.1. The lowest BCUT2D eigenvalue weighted by atomic mass is 9.95. The summed E-state index contributed by atoms with van der Waals surface area (Å²) in [5, 5.41) is 0. The molecule has 16 heavy (non-hydrogen) atoms. The Bertz CT molecular complexity index is 245. The van der Waals surface area contributed by atoms with E-state index in [1.165, 1.54) is 58.0 Å². The Morgan fingerprint density at radius 1 is 0.938 bits per heavy atom. The highest BCUT2D eigenvalue weighted by molar-refractivity contribution is 7.47. The van der Waals surface area contributed by atoms with E-state index in [2.05, 4.69) is 9.34 Å². The van der Waals surface area contributed by atoms with Gasteiger partial charge in [-0.1, -0.05) is 19.3 Å². The first-order chi connectivity index (χ1) is 7.90. The first-order valence-corrected chi connectivity index (χ1v) is 7.94. The maximum absolute atomic E-state index is 5.81. The van der Waals surface area contributed by atoms with Crippen molar-refractivity contribution in [3.8, 4) is 0 Å². The van der Waals surface area contributed by atoms with E-state index in [1.54, 1.807) is 0 Å². The topological polar surface area (TPSA) is 15.7 Å². The van der Waals surface area contributed by atoms with Crippen molar-refractivity contribution in [2.45, 2.75) is 57.0 Å². The maximum atomic E-state index is 5.81. The van der Waals surface area contributed by atoms with E-state index in [4.69, 9.17) is 4.52 Å². The van der Waals surface area contributed by atoms with E-state index < -0.39 is 8.45 Å². The Kier molecular flexibility index (Phi) is 3.49. The lowest BCUT2D eigenvalue weighted by Crippen LogP contribution is -2.32. The van der Waals surface area contributed by atoms with Crippen molar-refractivity contribution in [1.82, 2.24) is 9.34 Å². The average molecular weight is 242 g/mol. The minimum Gasteiger partial charge on any atom is -0.335 e. The van der Waals surface area contributed by atoms with Crippen molar-refractivity contribution in [1.29, 1.82) is 0 Å². The zero-order chi connectivity index (χ0) is 11.0. The van der Waals surface area contributed by atoms with E-state index in [0.717, 1.165) is 12.1 Å². The van der Waals surface area contributed by atoms with Crippen LogP contribution < -0.4 is 0 Å². The summed E-state index contributed by atoms with van der Waals surface area (Å²) in [5.41, 5.74) is 0. The smallest absolute Gasteiger partial charge is 0.188 e. The molecule has 92 valence electrons. The molecule has 0 aromatic carbocycles. The molecule has 3 fully saturated rings. The Labute approximate surface area is 100 Å². The van der Waals surface area contributed by atoms with Crippen molar-refractivity contribution >= 4 is 8.45 Å². The number of hydrogen-bond donors (Lipinski definition) is 0. The van der Waals surface area contributed by atoms with Crippen LogP contribution >= 0.6 is 8.45 Å². The highest BCUT2D eigenvalue weighted by atomic mass is 31.2. The van der Waals surface area contributed by atoms with Crippen LogP contribution in [0.3, 0.4) is 0 Å². The molecule has 0 aromatic rings. The lowest BCUT2D eigenvalue weighted by molar-refractivity contribution is 0.250. The van der Waals surface area contributed by atoms with Gasteiger partial charge in [0.25, 0.3) is 0 Å². The van der Waals surface area contributed by atoms with Gasteiger partial charge in [-0.05, 0) is 25.7 Å². The number of fused-ring (bicyclic) bond motifs is 1. The summed E-state index contributed by atoms with van der Waals surface area (Å²) in [6, 6.07) is 1.64. The van der Waals surface area contributed by atoms with Gasteiger partial charge in [-0.15, -0.1) is 0 Å². The van der Waals surface area contributed by atoms with E-state index in [1.807, 2.05) is 7.11 Å². The summed E-state index contributed by atoms with van der Waals surface area (Å²) in [5.74, 6) is 0. The Morgan fingerprint density at radius 3 is 2.44 bits per heavy atom. The maximum Gasteiger partial charge on any atom is 0.188 e. The molecule has 3 nitrogen and oxygen atoms in total. The largest absolute Gasteiger partial charge is 0.335 e. The molecule has 3 aliphatic rings. The van der Waals surface area contributed by atoms with Crippen LogP contribution in [-0.4, -0.2) is 41.6 Å². The standard InChI is InChI=1S/C12H23N2OP/c1-15-16-13-9-5-8-12(13)10-14(16)11-6-3-2-4-7-11/h11-12H,2-10H2,1H3/t12-,16?/m0/s1. The molecule has 2 saturated heterocycles. The Balaban J connectivity index is 1.70. The fourth-order valence-electron chi connectivity index (χ4n) is 3.54. The number of hydrogen-bond acceptors (Lipinski definition) is 3. The molecule has 4 heteroatoms. The fraction of sp³-hybridized carbons (Fsp3) is 1.00. The van der Waals surface area contributed by atoms with Gasteiger partial charge in [0.2, 0.25) is 0 Å². The number of nitrogens with zero attached hydrogens (tertiary/aromatic N) is 2. The van der Waals surface area contributed by atoms with Gasteiger partial charge in [-0.25, -0.2) is 9.34 Å². The summed E-state index contributed by atoms with van der Waals surface area (Å²) in [7, 11) is 1.50. The second-order valence-corrected chi connectivity index (χ2v) is 7.21. The summed E-state index contributed by atoms with van der Waals surface area (Å²) in [6.07, 6.45) is 9.89. The molecule has 0 spiro atoms. The lowest BCUT2D eigenvalue weighted by Gasteiger charge is -2.35. The predicted molar refractivity (Wildman–Crippen MR) is 67.2 cm³/mol. The highest BCUT2D eigenvalue weighted by Crippen LogP contribution is 2.56. The molecule has 1 unspecified atom stereocenters. The van der Waals surface area contributed by atoms with Gasteiger partial charge in [0.15, 0.2) is 8.45 Å². The van der Waals surface area contributed by atoms with Crippen molar-refractivity contribution in [2.75, 3.05) is 20.2 Å². The van der Waals surface area contributed by atoms with Crippen molar-refractivity contribution < 1.29 is 4.52 Å². The molecule has 1 saturated carbocycles. The van der Waals surface area contributed by atoms with Gasteiger partial charge in [-0.3, -0.25) is 0 Å². The first-order valence-electron chi connectivity index (χ1n) is 6.77. The second kappa shape index (κ2) is 4.89. The molecule has 0 bridgehead atoms. The van der Waals surface area contributed by atoms with Crippen LogP contribution in [0, 0.1) is 0 Å². The summed E-state index contributed by atoms with van der Waals surface area (Å²) < 4.78 is 11.2. The number of rotatable bonds is 2. The van der Waals surface area contributed by atoms with Gasteiger partial charge in [0.1, 0.15) is 0 Å². The molecule has 0 aromatic heterocycles. The van der Waals surface area contributed by atoms with Crippen LogP contribution in [0.4, 0.5) is 0 Å². The quantitative estimate of drug-likeness (QED) is 0.692. The van der Waals surface area contributed by atoms with Crippen LogP contribution in [0.15, 0.2) is 0 Å². The molecule has 1 aliphatic carbocycles. The predicted octanol–water partition coefficient (Wildman–Crippen LogP) is 2.97. The van der Waals surface area contributed by atoms with Gasteiger partial charge in [0, 0.05) is 32.3 Å². The molecule has 0 N–H and O–H groups in total. The van der Waals surface area contributed by atoms with Gasteiger partial charge >= 0.3 is 0 Å². The average Bonchev–Trinajstić information content (AvgIpc) is 2.89. The van der Waals surface area contributed by atoms with E-state index in [-0.39, 0.29) is 0 Å². The molecular weight excluding hydrogens is 219 g/mol. The minimum absolute atomic E-state index is 0.403. The third kappa shape index (κ3) is 1.92. The van der Waals surface area contributed by atoms with Crippen LogP contribution in [0.1, 0.15) is 44.9 Å². The van der Waals surface area contributed by atoms with Gasteiger partial charge < -0.3 is 4.52 Å². The van der Waals surface area contributed by atoms with Crippen LogP contribution in [-0.2, 0) is 4.52 Å². The minimum atomic E-state index is -0.403. The summed E-state index contributed by atoms with van der Waals surface area (Å²) in [6.45, 7) is 2.55. The van der Waals surface area contributed by atoms with Crippen molar-refractivity contribution in [3.63, 3.8) is 0 Å². The summed E-state index contributed by atoms with van der Waals surface area (Å²) >= 11 is 0. The zero-order valence-electron chi connectivity index (χ0n) is 10.3. The second-order valence-electron chi connectivity index (χ2n) is 5.31. The van der Waals surface area contributed by atoms with Crippen LogP contribution in [0.5, 0.6) is 0 Å². The molecular formula is C12H23N2OP. The fourth-order valence-corrected chi connectivity index (χ4v) is 5.88. The first kappa shape index (κ1) is 11.4. The molecule has 3 rings (SSSR count). The van der Waals surface area contributed by atoms with E-state index >= 15 is 0 Å². The highest BCUT2D eigenvalue weighted by Gasteiger charge is 2.45. The van der Waals surface area contributed by atoms with Gasteiger partial charge in [0.05, 0.1) is 0 Å². The van der Waals surface area contributed by atoms with Crippen LogP contribution in [0.2, 0.25) is 0 Å². The van der Waals surface area contributed by atoms with Crippen molar-refractivity contribution in [3.05, 3.63) is 0 Å². The third-order valence-electron chi connectivity index (χ3n) is 4.34. The Morgan fingerprint density at radius 2 is 1.69 bits per heavy atom. The SMILES string of the molecule is COP1N(C2CCCCC2)C[C@@H]2CCCN21. The molecule has 2 heterocycles. The zero-order valence-corrected chi connectivity index (χ0v) is 11.2.